The SMILES string of the molecule is Cc1cccc(N2CCN([C@@H](C)C(=O)NC(=O)NCc3ccccc3)CC2)c1C. The van der Waals surface area contributed by atoms with Crippen molar-refractivity contribution in [3.05, 3.63) is 65.2 Å². The minimum absolute atomic E-state index is 0.268. The summed E-state index contributed by atoms with van der Waals surface area (Å²) in [4.78, 5) is 29.0. The van der Waals surface area contributed by atoms with Crippen molar-refractivity contribution < 1.29 is 9.59 Å². The van der Waals surface area contributed by atoms with Gasteiger partial charge in [0.15, 0.2) is 0 Å². The number of hydrogen-bond donors (Lipinski definition) is 2. The third-order valence-electron chi connectivity index (χ3n) is 5.69. The molecule has 3 amide bonds. The minimum atomic E-state index is -0.459. The Kier molecular flexibility index (Phi) is 6.88. The Morgan fingerprint density at radius 1 is 0.966 bits per heavy atom. The van der Waals surface area contributed by atoms with Crippen LogP contribution < -0.4 is 15.5 Å². The molecule has 1 aliphatic heterocycles. The first-order valence-corrected chi connectivity index (χ1v) is 10.1. The van der Waals surface area contributed by atoms with Gasteiger partial charge >= 0.3 is 6.03 Å². The van der Waals surface area contributed by atoms with Crippen molar-refractivity contribution >= 4 is 17.6 Å². The lowest BCUT2D eigenvalue weighted by Crippen LogP contribution is -2.55. The van der Waals surface area contributed by atoms with Gasteiger partial charge in [-0.3, -0.25) is 15.0 Å². The van der Waals surface area contributed by atoms with Crippen LogP contribution in [0.1, 0.15) is 23.6 Å². The number of piperazine rings is 1. The first-order valence-electron chi connectivity index (χ1n) is 10.1. The second kappa shape index (κ2) is 9.56. The van der Waals surface area contributed by atoms with E-state index in [2.05, 4.69) is 52.5 Å². The Hall–Kier alpha value is -2.86. The van der Waals surface area contributed by atoms with Crippen LogP contribution in [0.15, 0.2) is 48.5 Å². The smallest absolute Gasteiger partial charge is 0.321 e. The zero-order valence-corrected chi connectivity index (χ0v) is 17.4. The van der Waals surface area contributed by atoms with Gasteiger partial charge in [0.05, 0.1) is 6.04 Å². The van der Waals surface area contributed by atoms with Gasteiger partial charge in [0.1, 0.15) is 0 Å². The third-order valence-corrected chi connectivity index (χ3v) is 5.69. The topological polar surface area (TPSA) is 64.7 Å². The maximum Gasteiger partial charge on any atom is 0.321 e. The van der Waals surface area contributed by atoms with Gasteiger partial charge < -0.3 is 10.2 Å². The number of hydrogen-bond acceptors (Lipinski definition) is 4. The predicted octanol–water partition coefficient (Wildman–Crippen LogP) is 2.84. The van der Waals surface area contributed by atoms with Crippen molar-refractivity contribution in [2.75, 3.05) is 31.1 Å². The van der Waals surface area contributed by atoms with Gasteiger partial charge in [-0.05, 0) is 43.5 Å². The van der Waals surface area contributed by atoms with E-state index in [1.54, 1.807) is 0 Å². The molecule has 1 atom stereocenters. The molecule has 2 aromatic rings. The van der Waals surface area contributed by atoms with Crippen LogP contribution in [0.4, 0.5) is 10.5 Å². The maximum absolute atomic E-state index is 12.5. The molecule has 1 aliphatic rings. The van der Waals surface area contributed by atoms with Crippen LogP contribution >= 0.6 is 0 Å². The normalized spacial score (nSPS) is 15.6. The van der Waals surface area contributed by atoms with E-state index in [4.69, 9.17) is 0 Å². The Morgan fingerprint density at radius 3 is 2.34 bits per heavy atom. The van der Waals surface area contributed by atoms with Crippen molar-refractivity contribution in [2.45, 2.75) is 33.4 Å². The number of carbonyl (C=O) groups excluding carboxylic acids is 2. The molecule has 0 radical (unpaired) electrons. The number of nitrogens with one attached hydrogen (secondary N) is 2. The van der Waals surface area contributed by atoms with E-state index in [9.17, 15) is 9.59 Å². The summed E-state index contributed by atoms with van der Waals surface area (Å²) in [7, 11) is 0. The standard InChI is InChI=1S/C23H30N4O2/c1-17-8-7-11-21(18(17)2)27-14-12-26(13-15-27)19(3)22(28)25-23(29)24-16-20-9-5-4-6-10-20/h4-11,19H,12-16H2,1-3H3,(H2,24,25,28,29)/t19-/m0/s1. The van der Waals surface area contributed by atoms with Crippen molar-refractivity contribution in [3.8, 4) is 0 Å². The number of nitrogens with zero attached hydrogens (tertiary/aromatic N) is 2. The largest absolute Gasteiger partial charge is 0.369 e. The molecule has 154 valence electrons. The molecule has 1 saturated heterocycles. The molecule has 2 aromatic carbocycles. The molecule has 2 N–H and O–H groups in total. The van der Waals surface area contributed by atoms with Crippen LogP contribution in [0.5, 0.6) is 0 Å². The lowest BCUT2D eigenvalue weighted by atomic mass is 10.1. The van der Waals surface area contributed by atoms with Crippen molar-refractivity contribution in [1.29, 1.82) is 0 Å². The first kappa shape index (κ1) is 20.9. The van der Waals surface area contributed by atoms with Crippen LogP contribution in [-0.2, 0) is 11.3 Å². The second-order valence-corrected chi connectivity index (χ2v) is 7.58. The molecule has 6 heteroatoms. The summed E-state index contributed by atoms with van der Waals surface area (Å²) in [5.41, 5.74) is 4.86. The predicted molar refractivity (Wildman–Crippen MR) is 116 cm³/mol. The van der Waals surface area contributed by atoms with Gasteiger partial charge in [-0.2, -0.15) is 0 Å². The number of benzene rings is 2. The van der Waals surface area contributed by atoms with Crippen molar-refractivity contribution in [2.24, 2.45) is 0 Å². The second-order valence-electron chi connectivity index (χ2n) is 7.58. The van der Waals surface area contributed by atoms with Crippen LogP contribution in [0, 0.1) is 13.8 Å². The molecule has 0 saturated carbocycles. The molecular weight excluding hydrogens is 364 g/mol. The van der Waals surface area contributed by atoms with Crippen molar-refractivity contribution in [3.63, 3.8) is 0 Å². The fourth-order valence-corrected chi connectivity index (χ4v) is 3.63. The van der Waals surface area contributed by atoms with E-state index in [1.165, 1.54) is 16.8 Å². The Morgan fingerprint density at radius 2 is 1.66 bits per heavy atom. The lowest BCUT2D eigenvalue weighted by molar-refractivity contribution is -0.124. The summed E-state index contributed by atoms with van der Waals surface area (Å²) >= 11 is 0. The molecule has 1 heterocycles. The Bertz CT molecular complexity index is 845. The van der Waals surface area contributed by atoms with E-state index >= 15 is 0 Å². The average molecular weight is 395 g/mol. The number of urea groups is 1. The van der Waals surface area contributed by atoms with Crippen molar-refractivity contribution in [1.82, 2.24) is 15.5 Å². The summed E-state index contributed by atoms with van der Waals surface area (Å²) in [6.45, 7) is 9.83. The summed E-state index contributed by atoms with van der Waals surface area (Å²) in [6.07, 6.45) is 0. The monoisotopic (exact) mass is 394 g/mol. The van der Waals surface area contributed by atoms with Gasteiger partial charge in [0.25, 0.3) is 0 Å². The molecule has 0 bridgehead atoms. The quantitative estimate of drug-likeness (QED) is 0.819. The molecule has 6 nitrogen and oxygen atoms in total. The minimum Gasteiger partial charge on any atom is -0.369 e. The molecule has 0 unspecified atom stereocenters. The summed E-state index contributed by atoms with van der Waals surface area (Å²) in [5, 5.41) is 5.19. The van der Waals surface area contributed by atoms with Crippen LogP contribution in [0.3, 0.4) is 0 Å². The van der Waals surface area contributed by atoms with Crippen LogP contribution in [-0.4, -0.2) is 49.1 Å². The van der Waals surface area contributed by atoms with Gasteiger partial charge in [0.2, 0.25) is 5.91 Å². The van der Waals surface area contributed by atoms with Crippen LogP contribution in [0.2, 0.25) is 0 Å². The summed E-state index contributed by atoms with van der Waals surface area (Å²) < 4.78 is 0. The average Bonchev–Trinajstić information content (AvgIpc) is 2.74. The zero-order chi connectivity index (χ0) is 20.8. The Labute approximate surface area is 172 Å². The van der Waals surface area contributed by atoms with E-state index in [-0.39, 0.29) is 11.9 Å². The highest BCUT2D eigenvalue weighted by molar-refractivity contribution is 5.96. The van der Waals surface area contributed by atoms with E-state index < -0.39 is 6.03 Å². The van der Waals surface area contributed by atoms with Gasteiger partial charge in [-0.15, -0.1) is 0 Å². The molecule has 0 spiro atoms. The maximum atomic E-state index is 12.5. The Balaban J connectivity index is 1.47. The molecule has 0 aromatic heterocycles. The first-order chi connectivity index (χ1) is 14.0. The number of amides is 3. The van der Waals surface area contributed by atoms with Gasteiger partial charge in [0, 0.05) is 38.4 Å². The highest BCUT2D eigenvalue weighted by Gasteiger charge is 2.27. The fraction of sp³-hybridized carbons (Fsp3) is 0.391. The number of imide groups is 1. The zero-order valence-electron chi connectivity index (χ0n) is 17.4. The third kappa shape index (κ3) is 5.35. The number of aryl methyl sites for hydroxylation is 1. The molecular formula is C23H30N4O2. The lowest BCUT2D eigenvalue weighted by Gasteiger charge is -2.39. The molecule has 29 heavy (non-hydrogen) atoms. The summed E-state index contributed by atoms with van der Waals surface area (Å²) in [6, 6.07) is 15.2. The molecule has 0 aliphatic carbocycles. The highest BCUT2D eigenvalue weighted by atomic mass is 16.2. The fourth-order valence-electron chi connectivity index (χ4n) is 3.63. The van der Waals surface area contributed by atoms with Gasteiger partial charge in [-0.1, -0.05) is 42.5 Å². The highest BCUT2D eigenvalue weighted by Crippen LogP contribution is 2.24. The van der Waals surface area contributed by atoms with E-state index in [0.717, 1.165) is 31.7 Å². The summed E-state index contributed by atoms with van der Waals surface area (Å²) in [5.74, 6) is -0.268. The van der Waals surface area contributed by atoms with E-state index in [1.807, 2.05) is 37.3 Å². The van der Waals surface area contributed by atoms with Gasteiger partial charge in [-0.25, -0.2) is 4.79 Å². The van der Waals surface area contributed by atoms with Crippen LogP contribution in [0.25, 0.3) is 0 Å². The molecule has 1 fully saturated rings. The molecule has 3 rings (SSSR count). The number of anilines is 1. The number of rotatable bonds is 5. The number of carbonyl (C=O) groups is 2. The van der Waals surface area contributed by atoms with E-state index in [0.29, 0.717) is 6.54 Å².